The highest BCUT2D eigenvalue weighted by Crippen LogP contribution is 2.27. The van der Waals surface area contributed by atoms with Gasteiger partial charge in [0, 0.05) is 10.0 Å². The van der Waals surface area contributed by atoms with E-state index < -0.39 is 0 Å². The normalized spacial score (nSPS) is 11.1. The maximum Gasteiger partial charge on any atom is 0.185 e. The topological polar surface area (TPSA) is 43.1 Å². The lowest BCUT2D eigenvalue weighted by atomic mass is 10.1. The predicted molar refractivity (Wildman–Crippen MR) is 73.7 cm³/mol. The van der Waals surface area contributed by atoms with Crippen molar-refractivity contribution in [2.24, 2.45) is 0 Å². The smallest absolute Gasteiger partial charge is 0.185 e. The molecule has 0 fully saturated rings. The second-order valence-corrected chi connectivity index (χ2v) is 5.10. The summed E-state index contributed by atoms with van der Waals surface area (Å²) in [6, 6.07) is 9.42. The Balaban J connectivity index is 2.32. The van der Waals surface area contributed by atoms with Crippen molar-refractivity contribution in [1.82, 2.24) is 19.8 Å². The second kappa shape index (κ2) is 4.33. The van der Waals surface area contributed by atoms with Crippen molar-refractivity contribution in [3.8, 4) is 11.4 Å². The summed E-state index contributed by atoms with van der Waals surface area (Å²) in [6.45, 7) is 2.02. The van der Waals surface area contributed by atoms with E-state index in [1.54, 1.807) is 16.6 Å². The number of aromatic nitrogens is 4. The van der Waals surface area contributed by atoms with Crippen LogP contribution in [0.5, 0.6) is 0 Å². The zero-order valence-corrected chi connectivity index (χ0v) is 11.8. The zero-order valence-electron chi connectivity index (χ0n) is 9.43. The van der Waals surface area contributed by atoms with Gasteiger partial charge in [-0.2, -0.15) is 9.61 Å². The van der Waals surface area contributed by atoms with E-state index in [0.717, 1.165) is 15.6 Å². The number of fused-ring (bicyclic) bond motifs is 1. The van der Waals surface area contributed by atoms with Gasteiger partial charge < -0.3 is 0 Å². The lowest BCUT2D eigenvalue weighted by Crippen LogP contribution is -1.96. The highest BCUT2D eigenvalue weighted by atomic mass is 79.9. The quantitative estimate of drug-likeness (QED) is 0.688. The van der Waals surface area contributed by atoms with Gasteiger partial charge in [-0.3, -0.25) is 0 Å². The summed E-state index contributed by atoms with van der Waals surface area (Å²) >= 11 is 9.42. The van der Waals surface area contributed by atoms with Gasteiger partial charge in [-0.15, -0.1) is 10.2 Å². The summed E-state index contributed by atoms with van der Waals surface area (Å²) in [5.74, 6) is 0.686. The molecule has 0 aliphatic carbocycles. The van der Waals surface area contributed by atoms with Gasteiger partial charge in [0.15, 0.2) is 11.5 Å². The van der Waals surface area contributed by atoms with Gasteiger partial charge in [0.25, 0.3) is 0 Å². The summed E-state index contributed by atoms with van der Waals surface area (Å²) in [5, 5.41) is 12.9. The van der Waals surface area contributed by atoms with E-state index in [-0.39, 0.29) is 0 Å². The Hall–Kier alpha value is -1.46. The van der Waals surface area contributed by atoms with E-state index in [4.69, 9.17) is 11.6 Å². The number of rotatable bonds is 1. The van der Waals surface area contributed by atoms with Crippen LogP contribution in [-0.2, 0) is 0 Å². The van der Waals surface area contributed by atoms with Gasteiger partial charge in [-0.05, 0) is 30.7 Å². The van der Waals surface area contributed by atoms with Gasteiger partial charge in [-0.1, -0.05) is 39.7 Å². The minimum absolute atomic E-state index is 0.413. The second-order valence-electron chi connectivity index (χ2n) is 3.86. The minimum Gasteiger partial charge on any atom is -0.191 e. The molecular formula is C12H8BrClN4. The number of nitrogens with zero attached hydrogens (tertiary/aromatic N) is 4. The van der Waals surface area contributed by atoms with Crippen LogP contribution in [0.4, 0.5) is 0 Å². The Kier molecular flexibility index (Phi) is 2.80. The number of hydrogen-bond acceptors (Lipinski definition) is 3. The van der Waals surface area contributed by atoms with Crippen molar-refractivity contribution in [3.63, 3.8) is 0 Å². The highest BCUT2D eigenvalue weighted by Gasteiger charge is 2.12. The first-order valence-electron chi connectivity index (χ1n) is 5.30. The van der Waals surface area contributed by atoms with E-state index in [1.165, 1.54) is 0 Å². The molecule has 0 radical (unpaired) electrons. The first-order chi connectivity index (χ1) is 8.66. The SMILES string of the molecule is Cc1c(Br)cccc1-c1nnc2ccc(Cl)nn12. The van der Waals surface area contributed by atoms with E-state index in [1.807, 2.05) is 25.1 Å². The highest BCUT2D eigenvalue weighted by molar-refractivity contribution is 9.10. The molecule has 18 heavy (non-hydrogen) atoms. The van der Waals surface area contributed by atoms with Crippen molar-refractivity contribution in [3.05, 3.63) is 45.5 Å². The van der Waals surface area contributed by atoms with Gasteiger partial charge in [0.05, 0.1) is 0 Å². The fourth-order valence-electron chi connectivity index (χ4n) is 1.78. The molecule has 4 nitrogen and oxygen atoms in total. The Labute approximate surface area is 117 Å². The third-order valence-electron chi connectivity index (χ3n) is 2.74. The number of halogens is 2. The van der Waals surface area contributed by atoms with E-state index in [2.05, 4.69) is 31.2 Å². The Morgan fingerprint density at radius 1 is 1.17 bits per heavy atom. The molecular weight excluding hydrogens is 316 g/mol. The molecule has 0 aliphatic heterocycles. The van der Waals surface area contributed by atoms with Crippen molar-refractivity contribution in [2.45, 2.75) is 6.92 Å². The maximum atomic E-state index is 5.91. The lowest BCUT2D eigenvalue weighted by Gasteiger charge is -2.05. The number of benzene rings is 1. The first kappa shape index (κ1) is 11.6. The van der Waals surface area contributed by atoms with Crippen molar-refractivity contribution >= 4 is 33.2 Å². The summed E-state index contributed by atoms with van der Waals surface area (Å²) in [7, 11) is 0. The first-order valence-corrected chi connectivity index (χ1v) is 6.47. The third kappa shape index (κ3) is 1.79. The Bertz CT molecular complexity index is 738. The molecule has 90 valence electrons. The molecule has 3 aromatic rings. The number of hydrogen-bond donors (Lipinski definition) is 0. The predicted octanol–water partition coefficient (Wildman–Crippen LogP) is 3.52. The molecule has 0 saturated carbocycles. The molecule has 0 spiro atoms. The Morgan fingerprint density at radius 2 is 2.00 bits per heavy atom. The van der Waals surface area contributed by atoms with Crippen LogP contribution >= 0.6 is 27.5 Å². The van der Waals surface area contributed by atoms with Crippen LogP contribution < -0.4 is 0 Å². The van der Waals surface area contributed by atoms with Crippen LogP contribution in [-0.4, -0.2) is 19.8 Å². The summed E-state index contributed by atoms with van der Waals surface area (Å²) < 4.78 is 2.68. The van der Waals surface area contributed by atoms with Crippen molar-refractivity contribution in [1.29, 1.82) is 0 Å². The average molecular weight is 324 g/mol. The summed E-state index contributed by atoms with van der Waals surface area (Å²) in [6.07, 6.45) is 0. The van der Waals surface area contributed by atoms with E-state index in [0.29, 0.717) is 16.6 Å². The summed E-state index contributed by atoms with van der Waals surface area (Å²) in [5.41, 5.74) is 2.74. The average Bonchev–Trinajstić information content (AvgIpc) is 2.75. The third-order valence-corrected chi connectivity index (χ3v) is 3.80. The Morgan fingerprint density at radius 3 is 2.83 bits per heavy atom. The van der Waals surface area contributed by atoms with Crippen LogP contribution in [0.1, 0.15) is 5.56 Å². The standard InChI is InChI=1S/C12H8BrClN4/c1-7-8(3-2-4-9(7)13)12-16-15-11-6-5-10(14)17-18(11)12/h2-6H,1H3. The monoisotopic (exact) mass is 322 g/mol. The summed E-state index contributed by atoms with van der Waals surface area (Å²) in [4.78, 5) is 0. The molecule has 2 heterocycles. The molecule has 1 aromatic carbocycles. The van der Waals surface area contributed by atoms with Crippen LogP contribution in [0.15, 0.2) is 34.8 Å². The van der Waals surface area contributed by atoms with Gasteiger partial charge >= 0.3 is 0 Å². The van der Waals surface area contributed by atoms with Gasteiger partial charge in [-0.25, -0.2) is 0 Å². The minimum atomic E-state index is 0.413. The molecule has 0 bridgehead atoms. The molecule has 0 amide bonds. The van der Waals surface area contributed by atoms with Crippen molar-refractivity contribution < 1.29 is 0 Å². The van der Waals surface area contributed by atoms with E-state index >= 15 is 0 Å². The molecule has 0 unspecified atom stereocenters. The molecule has 0 saturated heterocycles. The molecule has 3 rings (SSSR count). The maximum absolute atomic E-state index is 5.91. The van der Waals surface area contributed by atoms with Crippen molar-refractivity contribution in [2.75, 3.05) is 0 Å². The largest absolute Gasteiger partial charge is 0.191 e. The molecule has 0 aliphatic rings. The molecule has 0 N–H and O–H groups in total. The van der Waals surface area contributed by atoms with Crippen LogP contribution in [0, 0.1) is 6.92 Å². The van der Waals surface area contributed by atoms with Crippen LogP contribution in [0.25, 0.3) is 17.0 Å². The fraction of sp³-hybridized carbons (Fsp3) is 0.0833. The fourth-order valence-corrected chi connectivity index (χ4v) is 2.29. The molecule has 6 heteroatoms. The lowest BCUT2D eigenvalue weighted by molar-refractivity contribution is 0.934. The van der Waals surface area contributed by atoms with Gasteiger partial charge in [0.1, 0.15) is 5.15 Å². The zero-order chi connectivity index (χ0) is 12.7. The molecule has 0 atom stereocenters. The molecule has 2 aromatic heterocycles. The van der Waals surface area contributed by atoms with Crippen LogP contribution in [0.2, 0.25) is 5.15 Å². The van der Waals surface area contributed by atoms with E-state index in [9.17, 15) is 0 Å². The van der Waals surface area contributed by atoms with Crippen LogP contribution in [0.3, 0.4) is 0 Å². The van der Waals surface area contributed by atoms with Gasteiger partial charge in [0.2, 0.25) is 0 Å².